The first-order valence-corrected chi connectivity index (χ1v) is 8.62. The number of benzene rings is 1. The molecule has 2 rings (SSSR count). The van der Waals surface area contributed by atoms with E-state index in [9.17, 15) is 19.5 Å². The van der Waals surface area contributed by atoms with Gasteiger partial charge in [-0.1, -0.05) is 0 Å². The lowest BCUT2D eigenvalue weighted by molar-refractivity contribution is -0.141. The van der Waals surface area contributed by atoms with Gasteiger partial charge >= 0.3 is 5.97 Å². The molecular weight excluding hydrogens is 348 g/mol. The third kappa shape index (κ3) is 4.93. The molecule has 8 heteroatoms. The van der Waals surface area contributed by atoms with E-state index in [-0.39, 0.29) is 19.0 Å². The van der Waals surface area contributed by atoms with Crippen LogP contribution in [-0.2, 0) is 9.59 Å². The number of aryl methyl sites for hydroxylation is 2. The highest BCUT2D eigenvalue weighted by atomic mass is 16.4. The quantitative estimate of drug-likeness (QED) is 0.767. The monoisotopic (exact) mass is 372 g/mol. The smallest absolute Gasteiger partial charge is 0.326 e. The zero-order valence-electron chi connectivity index (χ0n) is 15.9. The minimum absolute atomic E-state index is 0.102. The van der Waals surface area contributed by atoms with Gasteiger partial charge in [-0.3, -0.25) is 9.59 Å². The predicted octanol–water partition coefficient (Wildman–Crippen LogP) is 1.54. The topological polar surface area (TPSA) is 105 Å². The zero-order valence-corrected chi connectivity index (χ0v) is 15.9. The van der Waals surface area contributed by atoms with Gasteiger partial charge in [0.1, 0.15) is 6.04 Å². The van der Waals surface area contributed by atoms with Crippen LogP contribution in [0.25, 0.3) is 5.69 Å². The van der Waals surface area contributed by atoms with Crippen molar-refractivity contribution >= 4 is 17.8 Å². The standard InChI is InChI=1S/C19H24N4O4/c1-12-11-13(2)23(21-12)17-7-5-16(6-8-17)18(25)22(14(3)19(26)27)10-9-20-15(4)24/h5-8,11,14H,9-10H2,1-4H3,(H,20,24)(H,26,27). The van der Waals surface area contributed by atoms with E-state index in [1.54, 1.807) is 28.9 Å². The van der Waals surface area contributed by atoms with Crippen molar-refractivity contribution in [3.63, 3.8) is 0 Å². The first kappa shape index (κ1) is 20.2. The number of carbonyl (C=O) groups excluding carboxylic acids is 2. The van der Waals surface area contributed by atoms with E-state index in [2.05, 4.69) is 10.4 Å². The summed E-state index contributed by atoms with van der Waals surface area (Å²) >= 11 is 0. The molecular formula is C19H24N4O4. The van der Waals surface area contributed by atoms with Crippen LogP contribution in [0.2, 0.25) is 0 Å². The van der Waals surface area contributed by atoms with E-state index in [4.69, 9.17) is 0 Å². The van der Waals surface area contributed by atoms with Gasteiger partial charge in [-0.05, 0) is 51.1 Å². The van der Waals surface area contributed by atoms with Gasteiger partial charge in [-0.25, -0.2) is 9.48 Å². The van der Waals surface area contributed by atoms with Crippen LogP contribution in [0.15, 0.2) is 30.3 Å². The van der Waals surface area contributed by atoms with Gasteiger partial charge in [0.15, 0.2) is 0 Å². The molecule has 27 heavy (non-hydrogen) atoms. The molecule has 0 aliphatic heterocycles. The van der Waals surface area contributed by atoms with Crippen molar-refractivity contribution in [3.05, 3.63) is 47.3 Å². The number of aromatic nitrogens is 2. The summed E-state index contributed by atoms with van der Waals surface area (Å²) in [4.78, 5) is 36.4. The number of nitrogens with one attached hydrogen (secondary N) is 1. The number of carbonyl (C=O) groups is 3. The summed E-state index contributed by atoms with van der Waals surface area (Å²) in [6.45, 7) is 6.94. The van der Waals surface area contributed by atoms with Gasteiger partial charge in [-0.15, -0.1) is 0 Å². The van der Waals surface area contributed by atoms with Crippen LogP contribution in [0.1, 0.15) is 35.6 Å². The maximum Gasteiger partial charge on any atom is 0.326 e. The number of hydrogen-bond donors (Lipinski definition) is 2. The van der Waals surface area contributed by atoms with Crippen LogP contribution >= 0.6 is 0 Å². The summed E-state index contributed by atoms with van der Waals surface area (Å²) in [5.74, 6) is -1.75. The number of amides is 2. The summed E-state index contributed by atoms with van der Waals surface area (Å²) in [6, 6.07) is 7.77. The number of hydrogen-bond acceptors (Lipinski definition) is 4. The molecule has 144 valence electrons. The van der Waals surface area contributed by atoms with Crippen LogP contribution in [0, 0.1) is 13.8 Å². The summed E-state index contributed by atoms with van der Waals surface area (Å²) in [5.41, 5.74) is 3.06. The number of carboxylic acids is 1. The average Bonchev–Trinajstić information content (AvgIpc) is 2.95. The van der Waals surface area contributed by atoms with Crippen LogP contribution in [0.5, 0.6) is 0 Å². The van der Waals surface area contributed by atoms with Crippen molar-refractivity contribution in [2.24, 2.45) is 0 Å². The molecule has 1 heterocycles. The minimum atomic E-state index is -1.11. The van der Waals surface area contributed by atoms with Crippen molar-refractivity contribution in [1.82, 2.24) is 20.0 Å². The van der Waals surface area contributed by atoms with Crippen LogP contribution < -0.4 is 5.32 Å². The number of nitrogens with zero attached hydrogens (tertiary/aromatic N) is 3. The van der Waals surface area contributed by atoms with E-state index in [0.29, 0.717) is 5.56 Å². The van der Waals surface area contributed by atoms with Gasteiger partial charge < -0.3 is 15.3 Å². The van der Waals surface area contributed by atoms with Crippen molar-refractivity contribution in [2.75, 3.05) is 13.1 Å². The minimum Gasteiger partial charge on any atom is -0.480 e. The Labute approximate surface area is 157 Å². The Bertz CT molecular complexity index is 842. The third-order valence-electron chi connectivity index (χ3n) is 4.18. The largest absolute Gasteiger partial charge is 0.480 e. The zero-order chi connectivity index (χ0) is 20.1. The van der Waals surface area contributed by atoms with Gasteiger partial charge in [-0.2, -0.15) is 5.10 Å². The maximum atomic E-state index is 12.8. The highest BCUT2D eigenvalue weighted by Crippen LogP contribution is 2.15. The molecule has 8 nitrogen and oxygen atoms in total. The molecule has 0 radical (unpaired) electrons. The summed E-state index contributed by atoms with van der Waals surface area (Å²) < 4.78 is 1.78. The number of carboxylic acid groups (broad SMARTS) is 1. The average molecular weight is 372 g/mol. The van der Waals surface area contributed by atoms with Gasteiger partial charge in [0.05, 0.1) is 11.4 Å². The molecule has 2 aromatic rings. The lowest BCUT2D eigenvalue weighted by atomic mass is 10.1. The fourth-order valence-corrected chi connectivity index (χ4v) is 2.76. The van der Waals surface area contributed by atoms with E-state index in [1.807, 2.05) is 19.9 Å². The summed E-state index contributed by atoms with van der Waals surface area (Å²) in [5, 5.41) is 16.3. The lowest BCUT2D eigenvalue weighted by Gasteiger charge is -2.26. The van der Waals surface area contributed by atoms with E-state index in [1.165, 1.54) is 18.7 Å². The molecule has 0 fully saturated rings. The molecule has 2 amide bonds. The Kier molecular flexibility index (Phi) is 6.33. The Morgan fingerprint density at radius 3 is 2.33 bits per heavy atom. The molecule has 0 saturated carbocycles. The van der Waals surface area contributed by atoms with Crippen LogP contribution in [0.4, 0.5) is 0 Å². The Morgan fingerprint density at radius 2 is 1.85 bits per heavy atom. The van der Waals surface area contributed by atoms with E-state index >= 15 is 0 Å². The Morgan fingerprint density at radius 1 is 1.22 bits per heavy atom. The molecule has 1 atom stereocenters. The second kappa shape index (κ2) is 8.48. The molecule has 2 N–H and O–H groups in total. The normalized spacial score (nSPS) is 11.7. The van der Waals surface area contributed by atoms with Gasteiger partial charge in [0, 0.05) is 31.3 Å². The maximum absolute atomic E-state index is 12.8. The van der Waals surface area contributed by atoms with Crippen molar-refractivity contribution in [1.29, 1.82) is 0 Å². The van der Waals surface area contributed by atoms with Crippen LogP contribution in [0.3, 0.4) is 0 Å². The molecule has 0 spiro atoms. The Hall–Kier alpha value is -3.16. The predicted molar refractivity (Wildman–Crippen MR) is 99.9 cm³/mol. The molecule has 1 unspecified atom stereocenters. The first-order valence-electron chi connectivity index (χ1n) is 8.62. The van der Waals surface area contributed by atoms with Crippen molar-refractivity contribution in [3.8, 4) is 5.69 Å². The molecule has 0 bridgehead atoms. The fourth-order valence-electron chi connectivity index (χ4n) is 2.76. The molecule has 0 aliphatic carbocycles. The van der Waals surface area contributed by atoms with Crippen molar-refractivity contribution < 1.29 is 19.5 Å². The van der Waals surface area contributed by atoms with Gasteiger partial charge in [0.2, 0.25) is 5.91 Å². The molecule has 0 aliphatic rings. The van der Waals surface area contributed by atoms with Crippen LogP contribution in [-0.4, -0.2) is 56.7 Å². The number of aliphatic carboxylic acids is 1. The Balaban J connectivity index is 2.22. The fraction of sp³-hybridized carbons (Fsp3) is 0.368. The highest BCUT2D eigenvalue weighted by Gasteiger charge is 2.26. The summed E-state index contributed by atoms with van der Waals surface area (Å²) in [7, 11) is 0. The van der Waals surface area contributed by atoms with Crippen molar-refractivity contribution in [2.45, 2.75) is 33.7 Å². The second-order valence-corrected chi connectivity index (χ2v) is 6.38. The summed E-state index contributed by atoms with van der Waals surface area (Å²) in [6.07, 6.45) is 0. The highest BCUT2D eigenvalue weighted by molar-refractivity contribution is 5.96. The lowest BCUT2D eigenvalue weighted by Crippen LogP contribution is -2.46. The third-order valence-corrected chi connectivity index (χ3v) is 4.18. The molecule has 0 saturated heterocycles. The molecule has 1 aromatic heterocycles. The van der Waals surface area contributed by atoms with E-state index in [0.717, 1.165) is 17.1 Å². The van der Waals surface area contributed by atoms with Gasteiger partial charge in [0.25, 0.3) is 5.91 Å². The van der Waals surface area contributed by atoms with E-state index < -0.39 is 17.9 Å². The first-order chi connectivity index (χ1) is 12.7. The number of rotatable bonds is 7. The molecule has 1 aromatic carbocycles. The SMILES string of the molecule is CC(=O)NCCN(C(=O)c1ccc(-n2nc(C)cc2C)cc1)C(C)C(=O)O. The second-order valence-electron chi connectivity index (χ2n) is 6.38.